The molecule has 0 saturated carbocycles. The molecule has 2 aromatic carbocycles. The molecule has 7 heteroatoms. The number of hydrogen-bond donors (Lipinski definition) is 1. The lowest BCUT2D eigenvalue weighted by Crippen LogP contribution is -2.37. The molecule has 1 N–H and O–H groups in total. The number of hydrogen-bond acceptors (Lipinski definition) is 3. The number of carbonyl (C=O) groups excluding carboxylic acids is 1. The van der Waals surface area contributed by atoms with Gasteiger partial charge in [0.1, 0.15) is 4.90 Å². The van der Waals surface area contributed by atoms with Gasteiger partial charge in [0, 0.05) is 25.7 Å². The molecule has 2 rings (SSSR count). The SMILES string of the molecule is CC(=O)N(CCNS(=O)(=O)c1ccccc1Cl)c1ccc(C)c(C)c1. The average molecular weight is 381 g/mol. The highest BCUT2D eigenvalue weighted by Crippen LogP contribution is 2.21. The van der Waals surface area contributed by atoms with Crippen molar-refractivity contribution in [3.05, 3.63) is 58.6 Å². The van der Waals surface area contributed by atoms with Crippen LogP contribution in [-0.2, 0) is 14.8 Å². The van der Waals surface area contributed by atoms with Crippen LogP contribution in [0.15, 0.2) is 47.4 Å². The summed E-state index contributed by atoms with van der Waals surface area (Å²) in [6, 6.07) is 11.9. The molecule has 0 atom stereocenters. The van der Waals surface area contributed by atoms with Crippen LogP contribution in [0.5, 0.6) is 0 Å². The largest absolute Gasteiger partial charge is 0.311 e. The van der Waals surface area contributed by atoms with Gasteiger partial charge < -0.3 is 4.90 Å². The number of nitrogens with zero attached hydrogens (tertiary/aromatic N) is 1. The zero-order valence-corrected chi connectivity index (χ0v) is 16.0. The van der Waals surface area contributed by atoms with Crippen LogP contribution >= 0.6 is 11.6 Å². The summed E-state index contributed by atoms with van der Waals surface area (Å²) in [7, 11) is -3.73. The van der Waals surface area contributed by atoms with Gasteiger partial charge in [0.2, 0.25) is 15.9 Å². The fourth-order valence-corrected chi connectivity index (χ4v) is 3.93. The zero-order valence-electron chi connectivity index (χ0n) is 14.4. The fourth-order valence-electron chi connectivity index (χ4n) is 2.39. The van der Waals surface area contributed by atoms with Gasteiger partial charge in [0.05, 0.1) is 5.02 Å². The Bertz CT molecular complexity index is 882. The van der Waals surface area contributed by atoms with E-state index in [9.17, 15) is 13.2 Å². The van der Waals surface area contributed by atoms with Crippen LogP contribution < -0.4 is 9.62 Å². The van der Waals surface area contributed by atoms with Crippen molar-refractivity contribution in [2.75, 3.05) is 18.0 Å². The first-order valence-electron chi connectivity index (χ1n) is 7.82. The molecule has 1 amide bonds. The Morgan fingerprint density at radius 2 is 1.80 bits per heavy atom. The smallest absolute Gasteiger partial charge is 0.242 e. The van der Waals surface area contributed by atoms with Crippen LogP contribution in [0, 0.1) is 13.8 Å². The number of amides is 1. The molecule has 0 saturated heterocycles. The third-order valence-electron chi connectivity index (χ3n) is 3.94. The van der Waals surface area contributed by atoms with Crippen molar-refractivity contribution in [1.29, 1.82) is 0 Å². The second-order valence-electron chi connectivity index (χ2n) is 5.77. The minimum Gasteiger partial charge on any atom is -0.311 e. The number of halogens is 1. The van der Waals surface area contributed by atoms with Crippen molar-refractivity contribution < 1.29 is 13.2 Å². The molecule has 134 valence electrons. The van der Waals surface area contributed by atoms with E-state index < -0.39 is 10.0 Å². The number of anilines is 1. The number of rotatable bonds is 6. The van der Waals surface area contributed by atoms with E-state index in [4.69, 9.17) is 11.6 Å². The fraction of sp³-hybridized carbons (Fsp3) is 0.278. The Morgan fingerprint density at radius 3 is 2.40 bits per heavy atom. The minimum atomic E-state index is -3.73. The predicted molar refractivity (Wildman–Crippen MR) is 101 cm³/mol. The molecule has 0 bridgehead atoms. The van der Waals surface area contributed by atoms with Gasteiger partial charge in [-0.1, -0.05) is 29.8 Å². The van der Waals surface area contributed by atoms with Gasteiger partial charge in [-0.05, 0) is 49.2 Å². The lowest BCUT2D eigenvalue weighted by molar-refractivity contribution is -0.116. The van der Waals surface area contributed by atoms with E-state index in [0.717, 1.165) is 16.8 Å². The summed E-state index contributed by atoms with van der Waals surface area (Å²) < 4.78 is 27.2. The van der Waals surface area contributed by atoms with Gasteiger partial charge in [-0.15, -0.1) is 0 Å². The molecule has 0 aliphatic rings. The van der Waals surface area contributed by atoms with Crippen LogP contribution in [0.4, 0.5) is 5.69 Å². The van der Waals surface area contributed by atoms with Crippen LogP contribution in [0.1, 0.15) is 18.1 Å². The highest BCUT2D eigenvalue weighted by Gasteiger charge is 2.18. The van der Waals surface area contributed by atoms with Crippen molar-refractivity contribution in [3.63, 3.8) is 0 Å². The maximum Gasteiger partial charge on any atom is 0.242 e. The van der Waals surface area contributed by atoms with E-state index >= 15 is 0 Å². The van der Waals surface area contributed by atoms with Crippen molar-refractivity contribution in [3.8, 4) is 0 Å². The van der Waals surface area contributed by atoms with E-state index in [1.54, 1.807) is 17.0 Å². The monoisotopic (exact) mass is 380 g/mol. The van der Waals surface area contributed by atoms with Crippen LogP contribution in [0.2, 0.25) is 5.02 Å². The second kappa shape index (κ2) is 7.99. The molecule has 0 aromatic heterocycles. The van der Waals surface area contributed by atoms with Crippen LogP contribution in [-0.4, -0.2) is 27.4 Å². The van der Waals surface area contributed by atoms with Gasteiger partial charge in [0.25, 0.3) is 0 Å². The summed E-state index contributed by atoms with van der Waals surface area (Å²) in [5.41, 5.74) is 2.94. The number of sulfonamides is 1. The van der Waals surface area contributed by atoms with E-state index in [1.807, 2.05) is 32.0 Å². The lowest BCUT2D eigenvalue weighted by atomic mass is 10.1. The predicted octanol–water partition coefficient (Wildman–Crippen LogP) is 3.29. The van der Waals surface area contributed by atoms with Gasteiger partial charge in [0.15, 0.2) is 0 Å². The van der Waals surface area contributed by atoms with Gasteiger partial charge in [-0.3, -0.25) is 4.79 Å². The summed E-state index contributed by atoms with van der Waals surface area (Å²) in [6.45, 7) is 5.73. The quantitative estimate of drug-likeness (QED) is 0.836. The third-order valence-corrected chi connectivity index (χ3v) is 5.90. The maximum absolute atomic E-state index is 12.3. The molecule has 0 radical (unpaired) electrons. The van der Waals surface area contributed by atoms with E-state index in [1.165, 1.54) is 19.1 Å². The molecule has 0 unspecified atom stereocenters. The zero-order chi connectivity index (χ0) is 18.6. The summed E-state index contributed by atoms with van der Waals surface area (Å²) in [5.74, 6) is -0.153. The van der Waals surface area contributed by atoms with Crippen molar-refractivity contribution in [2.24, 2.45) is 0 Å². The molecule has 25 heavy (non-hydrogen) atoms. The molecule has 0 aliphatic carbocycles. The van der Waals surface area contributed by atoms with Crippen LogP contribution in [0.3, 0.4) is 0 Å². The van der Waals surface area contributed by atoms with Gasteiger partial charge in [-0.2, -0.15) is 0 Å². The first-order valence-corrected chi connectivity index (χ1v) is 9.68. The Kier molecular flexibility index (Phi) is 6.21. The summed E-state index contributed by atoms with van der Waals surface area (Å²) in [5, 5.41) is 0.160. The molecule has 0 fully saturated rings. The van der Waals surface area contributed by atoms with Gasteiger partial charge >= 0.3 is 0 Å². The molecule has 5 nitrogen and oxygen atoms in total. The Balaban J connectivity index is 2.11. The Hall–Kier alpha value is -1.89. The first kappa shape index (κ1) is 19.4. The normalized spacial score (nSPS) is 11.4. The average Bonchev–Trinajstić information content (AvgIpc) is 2.54. The number of benzene rings is 2. The maximum atomic E-state index is 12.3. The van der Waals surface area contributed by atoms with E-state index in [-0.39, 0.29) is 28.9 Å². The first-order chi connectivity index (χ1) is 11.7. The summed E-state index contributed by atoms with van der Waals surface area (Å²) in [6.07, 6.45) is 0. The highest BCUT2D eigenvalue weighted by atomic mass is 35.5. The minimum absolute atomic E-state index is 0.0252. The summed E-state index contributed by atoms with van der Waals surface area (Å²) >= 11 is 5.95. The molecular weight excluding hydrogens is 360 g/mol. The molecule has 0 spiro atoms. The van der Waals surface area contributed by atoms with Crippen molar-refractivity contribution in [1.82, 2.24) is 4.72 Å². The highest BCUT2D eigenvalue weighted by molar-refractivity contribution is 7.89. The van der Waals surface area contributed by atoms with Crippen molar-refractivity contribution >= 4 is 33.2 Å². The Morgan fingerprint density at radius 1 is 1.12 bits per heavy atom. The molecule has 2 aromatic rings. The molecule has 0 heterocycles. The number of carbonyl (C=O) groups is 1. The topological polar surface area (TPSA) is 66.5 Å². The molecule has 0 aliphatic heterocycles. The summed E-state index contributed by atoms with van der Waals surface area (Å²) in [4.78, 5) is 13.5. The third kappa shape index (κ3) is 4.81. The standard InChI is InChI=1S/C18H21ClN2O3S/c1-13-8-9-16(12-14(13)2)21(15(3)22)11-10-20-25(23,24)18-7-5-4-6-17(18)19/h4-9,12,20H,10-11H2,1-3H3. The molecular formula is C18H21ClN2O3S. The van der Waals surface area contributed by atoms with Gasteiger partial charge in [-0.25, -0.2) is 13.1 Å². The van der Waals surface area contributed by atoms with E-state index in [2.05, 4.69) is 4.72 Å². The van der Waals surface area contributed by atoms with E-state index in [0.29, 0.717) is 0 Å². The lowest BCUT2D eigenvalue weighted by Gasteiger charge is -2.22. The number of nitrogens with one attached hydrogen (secondary N) is 1. The number of aryl methyl sites for hydroxylation is 2. The van der Waals surface area contributed by atoms with Crippen LogP contribution in [0.25, 0.3) is 0 Å². The second-order valence-corrected chi connectivity index (χ2v) is 7.91. The Labute approximate surface area is 153 Å². The van der Waals surface area contributed by atoms with Crippen molar-refractivity contribution in [2.45, 2.75) is 25.7 Å².